The Hall–Kier alpha value is -2.89. The van der Waals surface area contributed by atoms with Gasteiger partial charge in [0, 0.05) is 38.2 Å². The lowest BCUT2D eigenvalue weighted by Crippen LogP contribution is -2.38. The summed E-state index contributed by atoms with van der Waals surface area (Å²) in [4.78, 5) is 4.75. The molecule has 0 amide bonds. The number of nitrogens with zero attached hydrogens (tertiary/aromatic N) is 4. The standard InChI is InChI=1S/C21H28N6/c1-4-22-21(24-15-17(3)18-9-7-8-16(2)14-18)23-12-11-20-26-25-19-10-5-6-13-27(19)20/h5-10,13-14,17H,4,11-12,15H2,1-3H3,(H2,22,23,24). The fourth-order valence-electron chi connectivity index (χ4n) is 3.01. The topological polar surface area (TPSA) is 66.6 Å². The second-order valence-electron chi connectivity index (χ2n) is 6.76. The Morgan fingerprint density at radius 1 is 1.15 bits per heavy atom. The van der Waals surface area contributed by atoms with Crippen molar-refractivity contribution in [3.05, 3.63) is 65.6 Å². The highest BCUT2D eigenvalue weighted by Gasteiger charge is 2.07. The quantitative estimate of drug-likeness (QED) is 0.500. The van der Waals surface area contributed by atoms with E-state index in [-0.39, 0.29) is 0 Å². The second kappa shape index (κ2) is 9.16. The molecule has 2 aromatic heterocycles. The molecule has 2 heterocycles. The Morgan fingerprint density at radius 2 is 2.04 bits per heavy atom. The zero-order valence-electron chi connectivity index (χ0n) is 16.3. The molecule has 6 heteroatoms. The normalized spacial score (nSPS) is 12.9. The molecule has 0 saturated carbocycles. The van der Waals surface area contributed by atoms with Crippen LogP contribution < -0.4 is 10.6 Å². The van der Waals surface area contributed by atoms with E-state index in [1.165, 1.54) is 11.1 Å². The molecule has 0 bridgehead atoms. The number of pyridine rings is 1. The smallest absolute Gasteiger partial charge is 0.191 e. The van der Waals surface area contributed by atoms with E-state index in [1.807, 2.05) is 28.8 Å². The lowest BCUT2D eigenvalue weighted by Gasteiger charge is -2.14. The Morgan fingerprint density at radius 3 is 2.85 bits per heavy atom. The van der Waals surface area contributed by atoms with Gasteiger partial charge in [0.1, 0.15) is 5.82 Å². The number of nitrogens with one attached hydrogen (secondary N) is 2. The van der Waals surface area contributed by atoms with Crippen molar-refractivity contribution in [2.24, 2.45) is 4.99 Å². The van der Waals surface area contributed by atoms with Crippen molar-refractivity contribution in [3.8, 4) is 0 Å². The first-order valence-corrected chi connectivity index (χ1v) is 9.54. The highest BCUT2D eigenvalue weighted by Crippen LogP contribution is 2.16. The van der Waals surface area contributed by atoms with Crippen molar-refractivity contribution in [1.82, 2.24) is 25.2 Å². The summed E-state index contributed by atoms with van der Waals surface area (Å²) in [5.74, 6) is 2.16. The Kier molecular flexibility index (Phi) is 6.41. The third-order valence-electron chi connectivity index (χ3n) is 4.50. The molecule has 0 fully saturated rings. The molecule has 0 saturated heterocycles. The van der Waals surface area contributed by atoms with Gasteiger partial charge in [-0.15, -0.1) is 10.2 Å². The van der Waals surface area contributed by atoms with Crippen LogP contribution in [0.5, 0.6) is 0 Å². The van der Waals surface area contributed by atoms with Gasteiger partial charge in [0.25, 0.3) is 0 Å². The van der Waals surface area contributed by atoms with Crippen molar-refractivity contribution in [1.29, 1.82) is 0 Å². The monoisotopic (exact) mass is 364 g/mol. The third kappa shape index (κ3) is 5.06. The first-order valence-electron chi connectivity index (χ1n) is 9.54. The van der Waals surface area contributed by atoms with Crippen LogP contribution in [0.4, 0.5) is 0 Å². The van der Waals surface area contributed by atoms with E-state index >= 15 is 0 Å². The van der Waals surface area contributed by atoms with Crippen molar-refractivity contribution in [3.63, 3.8) is 0 Å². The van der Waals surface area contributed by atoms with Crippen molar-refractivity contribution in [2.45, 2.75) is 33.1 Å². The van der Waals surface area contributed by atoms with Gasteiger partial charge in [-0.1, -0.05) is 42.8 Å². The molecule has 1 unspecified atom stereocenters. The number of hydrogen-bond donors (Lipinski definition) is 2. The van der Waals surface area contributed by atoms with Gasteiger partial charge in [0.15, 0.2) is 11.6 Å². The predicted molar refractivity (Wildman–Crippen MR) is 110 cm³/mol. The molecule has 0 aliphatic heterocycles. The summed E-state index contributed by atoms with van der Waals surface area (Å²) in [6.07, 6.45) is 2.77. The fraction of sp³-hybridized carbons (Fsp3) is 0.381. The molecule has 0 aliphatic carbocycles. The van der Waals surface area contributed by atoms with Gasteiger partial charge in [-0.3, -0.25) is 9.39 Å². The van der Waals surface area contributed by atoms with Crippen LogP contribution >= 0.6 is 0 Å². The largest absolute Gasteiger partial charge is 0.357 e. The molecule has 0 spiro atoms. The van der Waals surface area contributed by atoms with Crippen LogP contribution in [-0.4, -0.2) is 40.2 Å². The number of rotatable bonds is 7. The van der Waals surface area contributed by atoms with E-state index in [0.717, 1.165) is 43.5 Å². The minimum Gasteiger partial charge on any atom is -0.357 e. The Balaban J connectivity index is 1.57. The summed E-state index contributed by atoms with van der Waals surface area (Å²) in [5, 5.41) is 15.2. The Labute approximate surface area is 160 Å². The first-order chi connectivity index (χ1) is 13.2. The number of benzene rings is 1. The molecule has 2 N–H and O–H groups in total. The van der Waals surface area contributed by atoms with E-state index in [9.17, 15) is 0 Å². The van der Waals surface area contributed by atoms with Gasteiger partial charge in [-0.25, -0.2) is 0 Å². The van der Waals surface area contributed by atoms with E-state index in [2.05, 4.69) is 65.9 Å². The molecule has 3 aromatic rings. The zero-order valence-corrected chi connectivity index (χ0v) is 16.3. The molecule has 0 aliphatic rings. The summed E-state index contributed by atoms with van der Waals surface area (Å²) in [7, 11) is 0. The highest BCUT2D eigenvalue weighted by molar-refractivity contribution is 5.79. The summed E-state index contributed by atoms with van der Waals surface area (Å²) in [5.41, 5.74) is 3.48. The minimum atomic E-state index is 0.376. The van der Waals surface area contributed by atoms with Crippen LogP contribution in [0, 0.1) is 6.92 Å². The van der Waals surface area contributed by atoms with Crippen molar-refractivity contribution < 1.29 is 0 Å². The number of guanidine groups is 1. The first kappa shape index (κ1) is 18.9. The molecule has 27 heavy (non-hydrogen) atoms. The number of hydrogen-bond acceptors (Lipinski definition) is 3. The average Bonchev–Trinajstić information content (AvgIpc) is 3.09. The summed E-state index contributed by atoms with van der Waals surface area (Å²) in [6, 6.07) is 14.6. The SMILES string of the molecule is CCNC(=NCC(C)c1cccc(C)c1)NCCc1nnc2ccccn12. The van der Waals surface area contributed by atoms with Crippen LogP contribution in [0.25, 0.3) is 5.65 Å². The number of aromatic nitrogens is 3. The maximum Gasteiger partial charge on any atom is 0.191 e. The van der Waals surface area contributed by atoms with Gasteiger partial charge in [0.05, 0.1) is 0 Å². The van der Waals surface area contributed by atoms with Crippen LogP contribution in [0.1, 0.15) is 36.7 Å². The second-order valence-corrected chi connectivity index (χ2v) is 6.76. The lowest BCUT2D eigenvalue weighted by atomic mass is 10.00. The fourth-order valence-corrected chi connectivity index (χ4v) is 3.01. The number of aliphatic imine (C=N–C) groups is 1. The molecule has 1 aromatic carbocycles. The van der Waals surface area contributed by atoms with Gasteiger partial charge in [0.2, 0.25) is 0 Å². The lowest BCUT2D eigenvalue weighted by molar-refractivity contribution is 0.735. The summed E-state index contributed by atoms with van der Waals surface area (Å²) in [6.45, 7) is 8.74. The van der Waals surface area contributed by atoms with Crippen LogP contribution in [0.15, 0.2) is 53.7 Å². The highest BCUT2D eigenvalue weighted by atomic mass is 15.2. The van der Waals surface area contributed by atoms with Gasteiger partial charge >= 0.3 is 0 Å². The minimum absolute atomic E-state index is 0.376. The zero-order chi connectivity index (χ0) is 19.1. The molecule has 6 nitrogen and oxygen atoms in total. The maximum absolute atomic E-state index is 4.75. The average molecular weight is 364 g/mol. The molecular formula is C21H28N6. The van der Waals surface area contributed by atoms with E-state index in [0.29, 0.717) is 5.92 Å². The molecule has 0 radical (unpaired) electrons. The van der Waals surface area contributed by atoms with Gasteiger partial charge in [-0.2, -0.15) is 0 Å². The molecule has 3 rings (SSSR count). The third-order valence-corrected chi connectivity index (χ3v) is 4.50. The summed E-state index contributed by atoms with van der Waals surface area (Å²) >= 11 is 0. The Bertz CT molecular complexity index is 898. The van der Waals surface area contributed by atoms with Crippen LogP contribution in [0.2, 0.25) is 0 Å². The van der Waals surface area contributed by atoms with Crippen molar-refractivity contribution >= 4 is 11.6 Å². The summed E-state index contributed by atoms with van der Waals surface area (Å²) < 4.78 is 2.02. The number of aryl methyl sites for hydroxylation is 1. The van der Waals surface area contributed by atoms with Crippen LogP contribution in [0.3, 0.4) is 0 Å². The van der Waals surface area contributed by atoms with Gasteiger partial charge < -0.3 is 10.6 Å². The molecule has 142 valence electrons. The van der Waals surface area contributed by atoms with E-state index in [4.69, 9.17) is 4.99 Å². The van der Waals surface area contributed by atoms with E-state index in [1.54, 1.807) is 0 Å². The maximum atomic E-state index is 4.75. The van der Waals surface area contributed by atoms with Gasteiger partial charge in [-0.05, 0) is 31.5 Å². The van der Waals surface area contributed by atoms with E-state index < -0.39 is 0 Å². The predicted octanol–water partition coefficient (Wildman–Crippen LogP) is 2.94. The van der Waals surface area contributed by atoms with Crippen molar-refractivity contribution in [2.75, 3.05) is 19.6 Å². The molecule has 1 atom stereocenters. The van der Waals surface area contributed by atoms with Crippen LogP contribution in [-0.2, 0) is 6.42 Å². The number of fused-ring (bicyclic) bond motifs is 1. The molecular weight excluding hydrogens is 336 g/mol.